The van der Waals surface area contributed by atoms with Crippen molar-refractivity contribution >= 4 is 11.6 Å². The molecule has 0 aliphatic heterocycles. The molecule has 0 fully saturated rings. The van der Waals surface area contributed by atoms with Gasteiger partial charge < -0.3 is 9.26 Å². The number of halogens is 1. The van der Waals surface area contributed by atoms with E-state index in [0.717, 1.165) is 11.3 Å². The molecule has 1 aromatic heterocycles. The molecular weight excluding hydrogens is 226 g/mol. The van der Waals surface area contributed by atoms with Crippen molar-refractivity contribution in [1.82, 2.24) is 5.16 Å². The van der Waals surface area contributed by atoms with Gasteiger partial charge in [0.25, 0.3) is 0 Å². The molecule has 0 N–H and O–H groups in total. The zero-order valence-electron chi connectivity index (χ0n) is 8.94. The Kier molecular flexibility index (Phi) is 3.59. The maximum atomic E-state index is 5.90. The highest BCUT2D eigenvalue weighted by Gasteiger charge is 2.06. The minimum atomic E-state index is 0.473. The fraction of sp³-hybridized carbons (Fsp3) is 0.250. The average Bonchev–Trinajstić information content (AvgIpc) is 2.75. The first-order valence-electron chi connectivity index (χ1n) is 5.09. The third kappa shape index (κ3) is 2.62. The van der Waals surface area contributed by atoms with Gasteiger partial charge in [-0.25, -0.2) is 0 Å². The third-order valence-corrected chi connectivity index (χ3v) is 2.36. The number of benzene rings is 1. The number of nitrogens with zero attached hydrogens (tertiary/aromatic N) is 1. The molecule has 2 aromatic rings. The van der Waals surface area contributed by atoms with Crippen molar-refractivity contribution in [3.63, 3.8) is 0 Å². The number of hydrogen-bond acceptors (Lipinski definition) is 3. The van der Waals surface area contributed by atoms with Crippen molar-refractivity contribution in [2.24, 2.45) is 0 Å². The van der Waals surface area contributed by atoms with Gasteiger partial charge in [-0.05, 0) is 19.1 Å². The molecule has 0 amide bonds. The van der Waals surface area contributed by atoms with Gasteiger partial charge in [0, 0.05) is 23.3 Å². The summed E-state index contributed by atoms with van der Waals surface area (Å²) < 4.78 is 10.5. The molecule has 0 bridgehead atoms. The van der Waals surface area contributed by atoms with Gasteiger partial charge in [0.2, 0.25) is 0 Å². The first-order valence-corrected chi connectivity index (χ1v) is 5.46. The number of ether oxygens (including phenoxy) is 1. The van der Waals surface area contributed by atoms with Gasteiger partial charge in [-0.2, -0.15) is 0 Å². The van der Waals surface area contributed by atoms with E-state index in [1.807, 2.05) is 37.3 Å². The standard InChI is InChI=1S/C12H12ClNO2/c1-2-15-8-11-7-12(16-14-11)9-4-3-5-10(13)6-9/h3-7H,2,8H2,1H3. The molecule has 0 aliphatic rings. The van der Waals surface area contributed by atoms with E-state index >= 15 is 0 Å². The average molecular weight is 238 g/mol. The molecule has 4 heteroatoms. The highest BCUT2D eigenvalue weighted by atomic mass is 35.5. The van der Waals surface area contributed by atoms with Gasteiger partial charge in [-0.3, -0.25) is 0 Å². The Morgan fingerprint density at radius 3 is 3.00 bits per heavy atom. The van der Waals surface area contributed by atoms with Crippen molar-refractivity contribution < 1.29 is 9.26 Å². The molecule has 0 radical (unpaired) electrons. The Morgan fingerprint density at radius 2 is 2.25 bits per heavy atom. The highest BCUT2D eigenvalue weighted by Crippen LogP contribution is 2.23. The lowest BCUT2D eigenvalue weighted by atomic mass is 10.2. The summed E-state index contributed by atoms with van der Waals surface area (Å²) in [6, 6.07) is 9.33. The molecule has 84 valence electrons. The van der Waals surface area contributed by atoms with Crippen molar-refractivity contribution in [3.05, 3.63) is 41.0 Å². The Morgan fingerprint density at radius 1 is 1.38 bits per heavy atom. The quantitative estimate of drug-likeness (QED) is 0.816. The second kappa shape index (κ2) is 5.14. The molecule has 0 unspecified atom stereocenters. The zero-order valence-corrected chi connectivity index (χ0v) is 9.70. The largest absolute Gasteiger partial charge is 0.375 e. The maximum absolute atomic E-state index is 5.90. The fourth-order valence-electron chi connectivity index (χ4n) is 1.36. The molecule has 0 saturated carbocycles. The Balaban J connectivity index is 2.18. The molecule has 1 heterocycles. The van der Waals surface area contributed by atoms with E-state index in [1.165, 1.54) is 0 Å². The van der Waals surface area contributed by atoms with E-state index in [2.05, 4.69) is 5.16 Å². The molecule has 2 rings (SSSR count). The Hall–Kier alpha value is -1.32. The van der Waals surface area contributed by atoms with Crippen LogP contribution in [-0.4, -0.2) is 11.8 Å². The molecule has 3 nitrogen and oxygen atoms in total. The smallest absolute Gasteiger partial charge is 0.167 e. The van der Waals surface area contributed by atoms with E-state index in [4.69, 9.17) is 20.9 Å². The van der Waals surface area contributed by atoms with Crippen LogP contribution in [0.5, 0.6) is 0 Å². The molecule has 1 aromatic carbocycles. The summed E-state index contributed by atoms with van der Waals surface area (Å²) in [5.41, 5.74) is 1.71. The van der Waals surface area contributed by atoms with Gasteiger partial charge >= 0.3 is 0 Å². The Labute approximate surface area is 99.0 Å². The fourth-order valence-corrected chi connectivity index (χ4v) is 1.55. The SMILES string of the molecule is CCOCc1cc(-c2cccc(Cl)c2)on1. The summed E-state index contributed by atoms with van der Waals surface area (Å²) >= 11 is 5.90. The first kappa shape index (κ1) is 11.2. The molecule has 0 saturated heterocycles. The van der Waals surface area contributed by atoms with E-state index in [1.54, 1.807) is 0 Å². The predicted molar refractivity (Wildman–Crippen MR) is 62.3 cm³/mol. The van der Waals surface area contributed by atoms with Gasteiger partial charge in [0.1, 0.15) is 5.69 Å². The topological polar surface area (TPSA) is 35.3 Å². The third-order valence-electron chi connectivity index (χ3n) is 2.12. The van der Waals surface area contributed by atoms with E-state index < -0.39 is 0 Å². The van der Waals surface area contributed by atoms with Crippen molar-refractivity contribution in [2.45, 2.75) is 13.5 Å². The summed E-state index contributed by atoms with van der Waals surface area (Å²) in [5.74, 6) is 0.706. The molecule has 0 atom stereocenters. The van der Waals surface area contributed by atoms with E-state index in [0.29, 0.717) is 24.0 Å². The second-order valence-electron chi connectivity index (χ2n) is 3.33. The van der Waals surface area contributed by atoms with Crippen LogP contribution in [0.3, 0.4) is 0 Å². The number of aromatic nitrogens is 1. The van der Waals surface area contributed by atoms with Gasteiger partial charge in [0.15, 0.2) is 5.76 Å². The lowest BCUT2D eigenvalue weighted by Crippen LogP contribution is -1.90. The van der Waals surface area contributed by atoms with Gasteiger partial charge in [-0.15, -0.1) is 0 Å². The summed E-state index contributed by atoms with van der Waals surface area (Å²) in [4.78, 5) is 0. The molecule has 16 heavy (non-hydrogen) atoms. The zero-order chi connectivity index (χ0) is 11.4. The van der Waals surface area contributed by atoms with Crippen molar-refractivity contribution in [1.29, 1.82) is 0 Å². The van der Waals surface area contributed by atoms with Crippen LogP contribution in [-0.2, 0) is 11.3 Å². The normalized spacial score (nSPS) is 10.6. The van der Waals surface area contributed by atoms with E-state index in [-0.39, 0.29) is 0 Å². The molecular formula is C12H12ClNO2. The van der Waals surface area contributed by atoms with Crippen molar-refractivity contribution in [3.8, 4) is 11.3 Å². The molecule has 0 spiro atoms. The monoisotopic (exact) mass is 237 g/mol. The minimum absolute atomic E-state index is 0.473. The summed E-state index contributed by atoms with van der Waals surface area (Å²) in [7, 11) is 0. The molecule has 0 aliphatic carbocycles. The van der Waals surface area contributed by atoms with Gasteiger partial charge in [0.05, 0.1) is 6.61 Å². The highest BCUT2D eigenvalue weighted by molar-refractivity contribution is 6.30. The number of hydrogen-bond donors (Lipinski definition) is 0. The lowest BCUT2D eigenvalue weighted by Gasteiger charge is -1.95. The van der Waals surface area contributed by atoms with Crippen LogP contribution in [0.25, 0.3) is 11.3 Å². The second-order valence-corrected chi connectivity index (χ2v) is 3.77. The van der Waals surface area contributed by atoms with Crippen LogP contribution >= 0.6 is 11.6 Å². The van der Waals surface area contributed by atoms with Crippen LogP contribution in [0.15, 0.2) is 34.9 Å². The summed E-state index contributed by atoms with van der Waals surface area (Å²) in [6.45, 7) is 3.08. The Bertz CT molecular complexity index is 468. The maximum Gasteiger partial charge on any atom is 0.167 e. The van der Waals surface area contributed by atoms with Gasteiger partial charge in [-0.1, -0.05) is 28.9 Å². The summed E-state index contributed by atoms with van der Waals surface area (Å²) in [6.07, 6.45) is 0. The minimum Gasteiger partial charge on any atom is -0.375 e. The van der Waals surface area contributed by atoms with Crippen LogP contribution < -0.4 is 0 Å². The van der Waals surface area contributed by atoms with Crippen LogP contribution in [0.1, 0.15) is 12.6 Å². The lowest BCUT2D eigenvalue weighted by molar-refractivity contribution is 0.128. The van der Waals surface area contributed by atoms with Crippen LogP contribution in [0.2, 0.25) is 5.02 Å². The predicted octanol–water partition coefficient (Wildman–Crippen LogP) is 3.53. The summed E-state index contributed by atoms with van der Waals surface area (Å²) in [5, 5.41) is 4.60. The van der Waals surface area contributed by atoms with Crippen LogP contribution in [0.4, 0.5) is 0 Å². The van der Waals surface area contributed by atoms with Crippen molar-refractivity contribution in [2.75, 3.05) is 6.61 Å². The van der Waals surface area contributed by atoms with E-state index in [9.17, 15) is 0 Å². The number of rotatable bonds is 4. The van der Waals surface area contributed by atoms with Crippen LogP contribution in [0, 0.1) is 0 Å². The first-order chi connectivity index (χ1) is 7.79.